The summed E-state index contributed by atoms with van der Waals surface area (Å²) in [5, 5.41) is 3.84. The Morgan fingerprint density at radius 2 is 2.05 bits per heavy atom. The molecule has 0 unspecified atom stereocenters. The molecule has 0 spiro atoms. The summed E-state index contributed by atoms with van der Waals surface area (Å²) in [7, 11) is 0. The van der Waals surface area contributed by atoms with E-state index in [-0.39, 0.29) is 0 Å². The van der Waals surface area contributed by atoms with Crippen molar-refractivity contribution < 1.29 is 0 Å². The molecule has 0 aliphatic heterocycles. The molecule has 1 N–H and O–H groups in total. The van der Waals surface area contributed by atoms with Crippen molar-refractivity contribution in [2.75, 3.05) is 5.32 Å². The van der Waals surface area contributed by atoms with Gasteiger partial charge in [0.2, 0.25) is 0 Å². The topological polar surface area (TPSA) is 37.8 Å². The smallest absolute Gasteiger partial charge is 0.138 e. The van der Waals surface area contributed by atoms with E-state index in [2.05, 4.69) is 41.3 Å². The van der Waals surface area contributed by atoms with E-state index in [0.29, 0.717) is 11.1 Å². The molecule has 100 valence electrons. The maximum Gasteiger partial charge on any atom is 0.138 e. The molecule has 0 bridgehead atoms. The minimum atomic E-state index is 0.501. The van der Waals surface area contributed by atoms with Gasteiger partial charge in [0, 0.05) is 11.3 Å². The number of anilines is 2. The normalized spacial score (nSPS) is 10.8. The summed E-state index contributed by atoms with van der Waals surface area (Å²) in [6.07, 6.45) is 2.28. The van der Waals surface area contributed by atoms with E-state index in [4.69, 9.17) is 11.6 Å². The van der Waals surface area contributed by atoms with Gasteiger partial charge in [-0.25, -0.2) is 9.97 Å². The van der Waals surface area contributed by atoms with Crippen LogP contribution in [-0.4, -0.2) is 9.97 Å². The predicted molar refractivity (Wildman–Crippen MR) is 80.2 cm³/mol. The third-order valence-corrected chi connectivity index (χ3v) is 3.39. The first-order valence-electron chi connectivity index (χ1n) is 6.48. The Balaban J connectivity index is 2.31. The van der Waals surface area contributed by atoms with Crippen LogP contribution in [0.5, 0.6) is 0 Å². The molecule has 4 heteroatoms. The van der Waals surface area contributed by atoms with Crippen molar-refractivity contribution in [3.8, 4) is 0 Å². The van der Waals surface area contributed by atoms with E-state index in [1.807, 2.05) is 19.1 Å². The first-order chi connectivity index (χ1) is 9.11. The number of hydrogen-bond donors (Lipinski definition) is 1. The quantitative estimate of drug-likeness (QED) is 0.831. The van der Waals surface area contributed by atoms with Crippen molar-refractivity contribution in [2.24, 2.45) is 0 Å². The minimum Gasteiger partial charge on any atom is -0.340 e. The summed E-state index contributed by atoms with van der Waals surface area (Å²) in [5.41, 5.74) is 3.26. The van der Waals surface area contributed by atoms with E-state index in [1.54, 1.807) is 0 Å². The number of halogens is 1. The van der Waals surface area contributed by atoms with Gasteiger partial charge in [0.25, 0.3) is 0 Å². The lowest BCUT2D eigenvalue weighted by molar-refractivity contribution is 0.867. The molecule has 0 saturated carbocycles. The average molecular weight is 276 g/mol. The molecule has 3 nitrogen and oxygen atoms in total. The summed E-state index contributed by atoms with van der Waals surface area (Å²) in [4.78, 5) is 8.29. The van der Waals surface area contributed by atoms with Crippen LogP contribution < -0.4 is 5.32 Å². The number of nitrogens with one attached hydrogen (secondary N) is 1. The maximum absolute atomic E-state index is 6.09. The highest BCUT2D eigenvalue weighted by Gasteiger charge is 2.08. The third-order valence-electron chi connectivity index (χ3n) is 3.06. The van der Waals surface area contributed by atoms with Gasteiger partial charge in [0.1, 0.15) is 17.3 Å². The maximum atomic E-state index is 6.09. The fourth-order valence-electron chi connectivity index (χ4n) is 1.92. The molecule has 1 aromatic carbocycles. The van der Waals surface area contributed by atoms with Gasteiger partial charge in [0.15, 0.2) is 0 Å². The van der Waals surface area contributed by atoms with Gasteiger partial charge in [-0.15, -0.1) is 0 Å². The van der Waals surface area contributed by atoms with Crippen molar-refractivity contribution in [3.63, 3.8) is 0 Å². The number of nitrogens with zero attached hydrogens (tertiary/aromatic N) is 2. The second-order valence-electron chi connectivity index (χ2n) is 4.75. The Kier molecular flexibility index (Phi) is 4.38. The van der Waals surface area contributed by atoms with Crippen LogP contribution in [0.2, 0.25) is 5.15 Å². The van der Waals surface area contributed by atoms with E-state index in [9.17, 15) is 0 Å². The third kappa shape index (κ3) is 3.24. The van der Waals surface area contributed by atoms with Gasteiger partial charge in [-0.1, -0.05) is 44.5 Å². The van der Waals surface area contributed by atoms with Gasteiger partial charge in [-0.3, -0.25) is 0 Å². The standard InChI is InChI=1S/C15H18ClN3/c1-4-13-14(16)17-9-18-15(13)19-12-7-5-6-11(8-12)10(2)3/h5-10H,4H2,1-3H3,(H,17,18,19). The van der Waals surface area contributed by atoms with E-state index in [1.165, 1.54) is 11.9 Å². The summed E-state index contributed by atoms with van der Waals surface area (Å²) in [6.45, 7) is 6.40. The highest BCUT2D eigenvalue weighted by atomic mass is 35.5. The molecule has 0 radical (unpaired) electrons. The van der Waals surface area contributed by atoms with Crippen molar-refractivity contribution >= 4 is 23.1 Å². The first kappa shape index (κ1) is 13.8. The van der Waals surface area contributed by atoms with Crippen molar-refractivity contribution in [1.82, 2.24) is 9.97 Å². The summed E-state index contributed by atoms with van der Waals surface area (Å²) in [5.74, 6) is 1.28. The second-order valence-corrected chi connectivity index (χ2v) is 5.11. The first-order valence-corrected chi connectivity index (χ1v) is 6.86. The summed E-state index contributed by atoms with van der Waals surface area (Å²) >= 11 is 6.09. The summed E-state index contributed by atoms with van der Waals surface area (Å²) in [6, 6.07) is 8.34. The Morgan fingerprint density at radius 1 is 1.26 bits per heavy atom. The molecule has 1 aromatic heterocycles. The Bertz CT molecular complexity index is 567. The molecule has 19 heavy (non-hydrogen) atoms. The molecule has 0 aliphatic carbocycles. The lowest BCUT2D eigenvalue weighted by Gasteiger charge is -2.12. The highest BCUT2D eigenvalue weighted by molar-refractivity contribution is 6.30. The van der Waals surface area contributed by atoms with Crippen LogP contribution in [0.3, 0.4) is 0 Å². The molecule has 1 heterocycles. The van der Waals surface area contributed by atoms with Gasteiger partial charge in [-0.05, 0) is 30.0 Å². The van der Waals surface area contributed by atoms with Crippen LogP contribution in [0.1, 0.15) is 37.8 Å². The lowest BCUT2D eigenvalue weighted by Crippen LogP contribution is -2.01. The van der Waals surface area contributed by atoms with Crippen LogP contribution in [-0.2, 0) is 6.42 Å². The predicted octanol–water partition coefficient (Wildman–Crippen LogP) is 4.56. The second kappa shape index (κ2) is 6.02. The molecule has 2 rings (SSSR count). The monoisotopic (exact) mass is 275 g/mol. The van der Waals surface area contributed by atoms with E-state index < -0.39 is 0 Å². The molecule has 0 amide bonds. The SMILES string of the molecule is CCc1c(Cl)ncnc1Nc1cccc(C(C)C)c1. The molecule has 0 aliphatic rings. The number of benzene rings is 1. The van der Waals surface area contributed by atoms with Crippen LogP contribution in [0.25, 0.3) is 0 Å². The molecule has 0 fully saturated rings. The molecule has 0 saturated heterocycles. The molecular weight excluding hydrogens is 258 g/mol. The number of aromatic nitrogens is 2. The van der Waals surface area contributed by atoms with Gasteiger partial charge in [0.05, 0.1) is 0 Å². The Labute approximate surface area is 119 Å². The van der Waals surface area contributed by atoms with Crippen molar-refractivity contribution in [2.45, 2.75) is 33.1 Å². The molecule has 2 aromatic rings. The van der Waals surface area contributed by atoms with E-state index in [0.717, 1.165) is 23.5 Å². The van der Waals surface area contributed by atoms with Crippen LogP contribution >= 0.6 is 11.6 Å². The zero-order chi connectivity index (χ0) is 13.8. The Hall–Kier alpha value is -1.61. The number of hydrogen-bond acceptors (Lipinski definition) is 3. The van der Waals surface area contributed by atoms with Gasteiger partial charge in [-0.2, -0.15) is 0 Å². The molecule has 0 atom stereocenters. The fraction of sp³-hybridized carbons (Fsp3) is 0.333. The summed E-state index contributed by atoms with van der Waals surface area (Å²) < 4.78 is 0. The van der Waals surface area contributed by atoms with Crippen molar-refractivity contribution in [3.05, 3.63) is 46.9 Å². The minimum absolute atomic E-state index is 0.501. The van der Waals surface area contributed by atoms with Crippen LogP contribution in [0.15, 0.2) is 30.6 Å². The highest BCUT2D eigenvalue weighted by Crippen LogP contribution is 2.25. The largest absolute Gasteiger partial charge is 0.340 e. The number of rotatable bonds is 4. The van der Waals surface area contributed by atoms with Crippen LogP contribution in [0, 0.1) is 0 Å². The van der Waals surface area contributed by atoms with E-state index >= 15 is 0 Å². The zero-order valence-electron chi connectivity index (χ0n) is 11.4. The lowest BCUT2D eigenvalue weighted by atomic mass is 10.0. The average Bonchev–Trinajstić information content (AvgIpc) is 2.39. The van der Waals surface area contributed by atoms with Crippen molar-refractivity contribution in [1.29, 1.82) is 0 Å². The van der Waals surface area contributed by atoms with Gasteiger partial charge >= 0.3 is 0 Å². The Morgan fingerprint density at radius 3 is 2.74 bits per heavy atom. The fourth-order valence-corrected chi connectivity index (χ4v) is 2.19. The zero-order valence-corrected chi connectivity index (χ0v) is 12.2. The molecular formula is C15H18ClN3. The van der Waals surface area contributed by atoms with Crippen LogP contribution in [0.4, 0.5) is 11.5 Å². The van der Waals surface area contributed by atoms with Gasteiger partial charge < -0.3 is 5.32 Å².